The average Bonchev–Trinajstić information content (AvgIpc) is 2.78. The number of nitrogens with zero attached hydrogens (tertiary/aromatic N) is 1. The third kappa shape index (κ3) is 5.75. The molecule has 3 rings (SSSR count). The molecule has 2 N–H and O–H groups in total. The van der Waals surface area contributed by atoms with Gasteiger partial charge in [0.25, 0.3) is 0 Å². The van der Waals surface area contributed by atoms with E-state index in [0.717, 1.165) is 24.8 Å². The molecule has 1 aliphatic rings. The Morgan fingerprint density at radius 3 is 2.52 bits per heavy atom. The minimum Gasteiger partial charge on any atom is -0.496 e. The van der Waals surface area contributed by atoms with Crippen LogP contribution in [0.4, 0.5) is 23.2 Å². The third-order valence-electron chi connectivity index (χ3n) is 6.74. The molecule has 0 aromatic heterocycles. The first-order valence-corrected chi connectivity index (χ1v) is 11.5. The molecule has 33 heavy (non-hydrogen) atoms. The monoisotopic (exact) mass is 464 g/mol. The smallest absolute Gasteiger partial charge is 0.391 e. The first kappa shape index (κ1) is 25.2. The number of fused-ring (bicyclic) bond motifs is 1. The number of halogens is 4. The maximum Gasteiger partial charge on any atom is 0.391 e. The summed E-state index contributed by atoms with van der Waals surface area (Å²) in [6, 6.07) is 11.4. The van der Waals surface area contributed by atoms with E-state index in [1.807, 2.05) is 25.1 Å². The predicted octanol–water partition coefficient (Wildman–Crippen LogP) is 7.07. The van der Waals surface area contributed by atoms with E-state index < -0.39 is 29.2 Å². The molecule has 0 bridgehead atoms. The van der Waals surface area contributed by atoms with Crippen molar-refractivity contribution in [2.45, 2.75) is 63.0 Å². The van der Waals surface area contributed by atoms with Gasteiger partial charge in [-0.05, 0) is 62.6 Å². The molecule has 3 atom stereocenters. The van der Waals surface area contributed by atoms with Crippen molar-refractivity contribution in [3.8, 4) is 5.75 Å². The van der Waals surface area contributed by atoms with Gasteiger partial charge in [0.2, 0.25) is 0 Å². The Bertz CT molecular complexity index is 960. The Balaban J connectivity index is 2.00. The molecular formula is C26H32F4N2O. The molecule has 2 aromatic carbocycles. The summed E-state index contributed by atoms with van der Waals surface area (Å²) in [6.45, 7) is 2.37. The zero-order valence-electron chi connectivity index (χ0n) is 19.2. The van der Waals surface area contributed by atoms with Gasteiger partial charge >= 0.3 is 6.18 Å². The summed E-state index contributed by atoms with van der Waals surface area (Å²) in [5.74, 6) is -2.05. The number of alkyl halides is 3. The molecule has 2 aromatic rings. The lowest BCUT2D eigenvalue weighted by Crippen LogP contribution is -2.38. The van der Waals surface area contributed by atoms with Crippen LogP contribution < -0.4 is 10.5 Å². The van der Waals surface area contributed by atoms with Crippen molar-refractivity contribution in [1.29, 1.82) is 0 Å². The van der Waals surface area contributed by atoms with Crippen molar-refractivity contribution >= 4 is 11.9 Å². The molecule has 0 spiro atoms. The first-order chi connectivity index (χ1) is 15.7. The van der Waals surface area contributed by atoms with Gasteiger partial charge in [0.15, 0.2) is 0 Å². The minimum absolute atomic E-state index is 0.0558. The highest BCUT2D eigenvalue weighted by molar-refractivity contribution is 5.83. The second-order valence-electron chi connectivity index (χ2n) is 8.96. The Hall–Kier alpha value is -2.41. The zero-order chi connectivity index (χ0) is 24.1. The maximum absolute atomic E-state index is 14.3. The maximum atomic E-state index is 14.3. The van der Waals surface area contributed by atoms with Crippen LogP contribution in [0.25, 0.3) is 0 Å². The van der Waals surface area contributed by atoms with Crippen LogP contribution in [0.1, 0.15) is 62.5 Å². The molecular weight excluding hydrogens is 432 g/mol. The minimum atomic E-state index is -4.33. The van der Waals surface area contributed by atoms with Crippen LogP contribution in [-0.2, 0) is 5.41 Å². The highest BCUT2D eigenvalue weighted by Crippen LogP contribution is 2.52. The number of unbranched alkanes of at least 4 members (excludes halogenated alkanes) is 3. The van der Waals surface area contributed by atoms with E-state index in [4.69, 9.17) is 10.5 Å². The van der Waals surface area contributed by atoms with Crippen LogP contribution in [-0.4, -0.2) is 26.0 Å². The van der Waals surface area contributed by atoms with Crippen LogP contribution in [0.3, 0.4) is 0 Å². The van der Waals surface area contributed by atoms with Gasteiger partial charge in [-0.2, -0.15) is 13.2 Å². The van der Waals surface area contributed by atoms with E-state index in [-0.39, 0.29) is 12.8 Å². The normalized spacial score (nSPS) is 21.0. The van der Waals surface area contributed by atoms with Crippen LogP contribution >= 0.6 is 0 Å². The molecule has 3 nitrogen and oxygen atoms in total. The molecule has 180 valence electrons. The lowest BCUT2D eigenvalue weighted by Gasteiger charge is -2.41. The Morgan fingerprint density at radius 1 is 1.09 bits per heavy atom. The highest BCUT2D eigenvalue weighted by atomic mass is 19.4. The van der Waals surface area contributed by atoms with Crippen LogP contribution in [0.15, 0.2) is 47.5 Å². The number of rotatable bonds is 10. The van der Waals surface area contributed by atoms with E-state index in [2.05, 4.69) is 4.99 Å². The van der Waals surface area contributed by atoms with E-state index >= 15 is 0 Å². The lowest BCUT2D eigenvalue weighted by atomic mass is 9.64. The molecule has 1 heterocycles. The summed E-state index contributed by atoms with van der Waals surface area (Å²) in [4.78, 5) is 4.55. The van der Waals surface area contributed by atoms with Gasteiger partial charge in [-0.15, -0.1) is 0 Å². The molecule has 3 unspecified atom stereocenters. The van der Waals surface area contributed by atoms with Gasteiger partial charge in [-0.3, -0.25) is 4.99 Å². The fourth-order valence-corrected chi connectivity index (χ4v) is 4.83. The second-order valence-corrected chi connectivity index (χ2v) is 8.96. The Kier molecular flexibility index (Phi) is 8.16. The molecule has 0 radical (unpaired) electrons. The number of hydrogen-bond donors (Lipinski definition) is 1. The summed E-state index contributed by atoms with van der Waals surface area (Å²) in [6.07, 6.45) is 0.142. The van der Waals surface area contributed by atoms with Gasteiger partial charge in [-0.1, -0.05) is 37.5 Å². The number of aliphatic imine (C=N–C) groups is 1. The number of methoxy groups -OCH3 is 1. The van der Waals surface area contributed by atoms with E-state index in [1.165, 1.54) is 25.3 Å². The summed E-state index contributed by atoms with van der Waals surface area (Å²) in [5.41, 5.74) is 6.42. The van der Waals surface area contributed by atoms with Gasteiger partial charge in [0.1, 0.15) is 11.6 Å². The SMILES string of the molecule is COc1ccc(F)cc1C1(C)C=Nc2ccccc2C1CC(CCCCCCN)C(F)(F)F. The molecule has 0 aliphatic carbocycles. The second kappa shape index (κ2) is 10.7. The summed E-state index contributed by atoms with van der Waals surface area (Å²) in [7, 11) is 1.48. The Morgan fingerprint density at radius 2 is 1.82 bits per heavy atom. The van der Waals surface area contributed by atoms with Gasteiger partial charge in [0.05, 0.1) is 18.7 Å². The van der Waals surface area contributed by atoms with Crippen molar-refractivity contribution in [3.63, 3.8) is 0 Å². The molecule has 1 aliphatic heterocycles. The summed E-state index contributed by atoms with van der Waals surface area (Å²) < 4.78 is 62.2. The fourth-order valence-electron chi connectivity index (χ4n) is 4.83. The molecule has 0 amide bonds. The summed E-state index contributed by atoms with van der Waals surface area (Å²) >= 11 is 0. The molecule has 0 saturated heterocycles. The summed E-state index contributed by atoms with van der Waals surface area (Å²) in [5, 5.41) is 0. The first-order valence-electron chi connectivity index (χ1n) is 11.5. The van der Waals surface area contributed by atoms with Gasteiger partial charge in [0, 0.05) is 23.1 Å². The zero-order valence-corrected chi connectivity index (χ0v) is 19.2. The van der Waals surface area contributed by atoms with E-state index in [0.29, 0.717) is 30.0 Å². The van der Waals surface area contributed by atoms with Gasteiger partial charge < -0.3 is 10.5 Å². The fraction of sp³-hybridized carbons (Fsp3) is 0.500. The number of hydrogen-bond acceptors (Lipinski definition) is 3. The van der Waals surface area contributed by atoms with Crippen molar-refractivity contribution in [2.75, 3.05) is 13.7 Å². The van der Waals surface area contributed by atoms with Crippen molar-refractivity contribution in [3.05, 3.63) is 59.4 Å². The van der Waals surface area contributed by atoms with Crippen LogP contribution in [0.2, 0.25) is 0 Å². The molecule has 0 fully saturated rings. The molecule has 7 heteroatoms. The van der Waals surface area contributed by atoms with Crippen molar-refractivity contribution < 1.29 is 22.3 Å². The standard InChI is InChI=1S/C26H32F4N2O/c1-25(22-16-19(27)12-13-24(22)33-2)17-32-23-11-7-6-10-20(23)21(25)15-18(26(28,29)30)9-5-3-4-8-14-31/h6-7,10-13,16-18,21H,3-5,8-9,14-15,31H2,1-2H3. The Labute approximate surface area is 193 Å². The van der Waals surface area contributed by atoms with Crippen molar-refractivity contribution in [1.82, 2.24) is 0 Å². The van der Waals surface area contributed by atoms with Crippen molar-refractivity contribution in [2.24, 2.45) is 16.6 Å². The van der Waals surface area contributed by atoms with Crippen LogP contribution in [0.5, 0.6) is 5.75 Å². The number of benzene rings is 2. The van der Waals surface area contributed by atoms with Gasteiger partial charge in [-0.25, -0.2) is 4.39 Å². The largest absolute Gasteiger partial charge is 0.496 e. The third-order valence-corrected chi connectivity index (χ3v) is 6.74. The molecule has 0 saturated carbocycles. The van der Waals surface area contributed by atoms with E-state index in [9.17, 15) is 17.6 Å². The average molecular weight is 465 g/mol. The quantitative estimate of drug-likeness (QED) is 0.302. The van der Waals surface area contributed by atoms with E-state index in [1.54, 1.807) is 12.3 Å². The highest BCUT2D eigenvalue weighted by Gasteiger charge is 2.47. The van der Waals surface area contributed by atoms with Crippen LogP contribution in [0, 0.1) is 11.7 Å². The number of ether oxygens (including phenoxy) is 1. The number of para-hydroxylation sites is 1. The lowest BCUT2D eigenvalue weighted by molar-refractivity contribution is -0.180. The topological polar surface area (TPSA) is 47.6 Å². The predicted molar refractivity (Wildman–Crippen MR) is 124 cm³/mol. The number of nitrogens with two attached hydrogens (primary N) is 1.